The standard InChI is InChI=1S/C13H14N4O/c1-2-10(11-4-7-15-12(11)3-1)8-14-6-5-13-16-9-17-18-13/h1-4,7,9,14-15H,5-6,8H2. The Morgan fingerprint density at radius 3 is 3.17 bits per heavy atom. The van der Waals surface area contributed by atoms with E-state index in [9.17, 15) is 0 Å². The molecular weight excluding hydrogens is 228 g/mol. The highest BCUT2D eigenvalue weighted by Crippen LogP contribution is 2.16. The average Bonchev–Trinajstić information content (AvgIpc) is 3.05. The first-order valence-electron chi connectivity index (χ1n) is 5.95. The Labute approximate surface area is 104 Å². The highest BCUT2D eigenvalue weighted by molar-refractivity contribution is 5.82. The van der Waals surface area contributed by atoms with Gasteiger partial charge >= 0.3 is 0 Å². The van der Waals surface area contributed by atoms with Crippen LogP contribution >= 0.6 is 0 Å². The summed E-state index contributed by atoms with van der Waals surface area (Å²) in [5.74, 6) is 0.669. The van der Waals surface area contributed by atoms with Crippen LogP contribution in [0.2, 0.25) is 0 Å². The number of hydrogen-bond acceptors (Lipinski definition) is 4. The molecule has 1 aromatic carbocycles. The number of aromatic amines is 1. The number of aromatic nitrogens is 3. The highest BCUT2D eigenvalue weighted by atomic mass is 16.5. The molecule has 18 heavy (non-hydrogen) atoms. The van der Waals surface area contributed by atoms with Gasteiger partial charge in [-0.2, -0.15) is 4.98 Å². The van der Waals surface area contributed by atoms with Gasteiger partial charge in [0.1, 0.15) is 0 Å². The van der Waals surface area contributed by atoms with Gasteiger partial charge in [-0.1, -0.05) is 17.3 Å². The number of nitrogens with one attached hydrogen (secondary N) is 2. The van der Waals surface area contributed by atoms with E-state index >= 15 is 0 Å². The van der Waals surface area contributed by atoms with Crippen LogP contribution in [0.4, 0.5) is 0 Å². The Bertz CT molecular complexity index is 615. The van der Waals surface area contributed by atoms with Crippen LogP contribution in [0, 0.1) is 0 Å². The molecule has 0 aliphatic heterocycles. The highest BCUT2D eigenvalue weighted by Gasteiger charge is 2.02. The van der Waals surface area contributed by atoms with Gasteiger partial charge in [-0.3, -0.25) is 0 Å². The van der Waals surface area contributed by atoms with E-state index in [0.29, 0.717) is 5.89 Å². The molecule has 0 saturated carbocycles. The van der Waals surface area contributed by atoms with Crippen LogP contribution in [0.3, 0.4) is 0 Å². The van der Waals surface area contributed by atoms with E-state index in [2.05, 4.69) is 44.7 Å². The van der Waals surface area contributed by atoms with E-state index in [1.807, 2.05) is 6.20 Å². The summed E-state index contributed by atoms with van der Waals surface area (Å²) in [6.45, 7) is 1.66. The Balaban J connectivity index is 1.58. The molecule has 92 valence electrons. The van der Waals surface area contributed by atoms with Gasteiger partial charge in [-0.25, -0.2) is 0 Å². The summed E-state index contributed by atoms with van der Waals surface area (Å²) in [5.41, 5.74) is 2.46. The fourth-order valence-electron chi connectivity index (χ4n) is 2.03. The largest absolute Gasteiger partial charge is 0.361 e. The molecule has 0 radical (unpaired) electrons. The van der Waals surface area contributed by atoms with Crippen molar-refractivity contribution in [3.63, 3.8) is 0 Å². The minimum absolute atomic E-state index is 0.669. The molecule has 0 aliphatic rings. The fraction of sp³-hybridized carbons (Fsp3) is 0.231. The second kappa shape index (κ2) is 5.01. The predicted octanol–water partition coefficient (Wildman–Crippen LogP) is 1.88. The summed E-state index contributed by atoms with van der Waals surface area (Å²) < 4.78 is 4.94. The lowest BCUT2D eigenvalue weighted by molar-refractivity contribution is 0.375. The molecular formula is C13H14N4O. The van der Waals surface area contributed by atoms with Gasteiger partial charge in [-0.15, -0.1) is 0 Å². The first kappa shape index (κ1) is 11.0. The number of benzene rings is 1. The number of hydrogen-bond donors (Lipinski definition) is 2. The van der Waals surface area contributed by atoms with Crippen LogP contribution in [0.1, 0.15) is 11.5 Å². The fourth-order valence-corrected chi connectivity index (χ4v) is 2.03. The zero-order chi connectivity index (χ0) is 12.2. The Hall–Kier alpha value is -2.14. The van der Waals surface area contributed by atoms with Crippen molar-refractivity contribution in [3.8, 4) is 0 Å². The second-order valence-electron chi connectivity index (χ2n) is 4.12. The van der Waals surface area contributed by atoms with Gasteiger partial charge in [0, 0.05) is 36.6 Å². The van der Waals surface area contributed by atoms with Crippen LogP contribution in [0.25, 0.3) is 10.9 Å². The zero-order valence-corrected chi connectivity index (χ0v) is 9.89. The van der Waals surface area contributed by atoms with Gasteiger partial charge in [0.05, 0.1) is 0 Å². The quantitative estimate of drug-likeness (QED) is 0.670. The van der Waals surface area contributed by atoms with Crippen LogP contribution in [0.15, 0.2) is 41.3 Å². The zero-order valence-electron chi connectivity index (χ0n) is 9.89. The van der Waals surface area contributed by atoms with Gasteiger partial charge in [0.15, 0.2) is 6.33 Å². The first-order chi connectivity index (χ1) is 8.93. The lowest BCUT2D eigenvalue weighted by Crippen LogP contribution is -2.16. The summed E-state index contributed by atoms with van der Waals surface area (Å²) in [6, 6.07) is 8.38. The maximum absolute atomic E-state index is 4.94. The SMILES string of the molecule is c1cc(CNCCc2ncno2)c2cc[nH]c2c1. The van der Waals surface area contributed by atoms with E-state index in [1.165, 1.54) is 22.8 Å². The molecule has 3 rings (SSSR count). The van der Waals surface area contributed by atoms with Gasteiger partial charge in [0.2, 0.25) is 5.89 Å². The van der Waals surface area contributed by atoms with Crippen LogP contribution in [0.5, 0.6) is 0 Å². The molecule has 0 unspecified atom stereocenters. The molecule has 2 heterocycles. The van der Waals surface area contributed by atoms with Gasteiger partial charge < -0.3 is 14.8 Å². The second-order valence-corrected chi connectivity index (χ2v) is 4.12. The third kappa shape index (κ3) is 2.26. The van der Waals surface area contributed by atoms with E-state index in [1.54, 1.807) is 0 Å². The molecule has 5 nitrogen and oxygen atoms in total. The summed E-state index contributed by atoms with van der Waals surface area (Å²) in [4.78, 5) is 7.19. The van der Waals surface area contributed by atoms with Crippen molar-refractivity contribution in [2.24, 2.45) is 0 Å². The van der Waals surface area contributed by atoms with Crippen molar-refractivity contribution < 1.29 is 4.52 Å². The average molecular weight is 242 g/mol. The minimum atomic E-state index is 0.669. The predicted molar refractivity (Wildman–Crippen MR) is 68.0 cm³/mol. The topological polar surface area (TPSA) is 66.7 Å². The molecule has 0 bridgehead atoms. The molecule has 0 spiro atoms. The molecule has 0 aliphatic carbocycles. The van der Waals surface area contributed by atoms with Crippen molar-refractivity contribution in [2.45, 2.75) is 13.0 Å². The number of H-pyrrole nitrogens is 1. The molecule has 0 saturated heterocycles. The van der Waals surface area contributed by atoms with Crippen LogP contribution < -0.4 is 5.32 Å². The summed E-state index contributed by atoms with van der Waals surface area (Å²) in [7, 11) is 0. The van der Waals surface area contributed by atoms with Crippen molar-refractivity contribution in [1.29, 1.82) is 0 Å². The molecule has 0 amide bonds. The van der Waals surface area contributed by atoms with Crippen molar-refractivity contribution in [1.82, 2.24) is 20.4 Å². The van der Waals surface area contributed by atoms with Crippen LogP contribution in [-0.2, 0) is 13.0 Å². The Morgan fingerprint density at radius 2 is 2.28 bits per heavy atom. The molecule has 3 aromatic rings. The van der Waals surface area contributed by atoms with E-state index in [0.717, 1.165) is 19.5 Å². The summed E-state index contributed by atoms with van der Waals surface area (Å²) >= 11 is 0. The maximum atomic E-state index is 4.94. The normalized spacial score (nSPS) is 11.1. The Morgan fingerprint density at radius 1 is 1.28 bits per heavy atom. The number of rotatable bonds is 5. The van der Waals surface area contributed by atoms with E-state index in [4.69, 9.17) is 4.52 Å². The molecule has 0 atom stereocenters. The third-order valence-corrected chi connectivity index (χ3v) is 2.92. The van der Waals surface area contributed by atoms with Gasteiger partial charge in [0.25, 0.3) is 0 Å². The summed E-state index contributed by atoms with van der Waals surface area (Å²) in [5, 5.41) is 8.22. The molecule has 5 heteroatoms. The van der Waals surface area contributed by atoms with Crippen molar-refractivity contribution >= 4 is 10.9 Å². The van der Waals surface area contributed by atoms with E-state index in [-0.39, 0.29) is 0 Å². The minimum Gasteiger partial charge on any atom is -0.361 e. The lowest BCUT2D eigenvalue weighted by Gasteiger charge is -2.04. The summed E-state index contributed by atoms with van der Waals surface area (Å²) in [6.07, 6.45) is 4.14. The van der Waals surface area contributed by atoms with Gasteiger partial charge in [-0.05, 0) is 17.7 Å². The Kier molecular flexibility index (Phi) is 3.06. The molecule has 2 aromatic heterocycles. The molecule has 0 fully saturated rings. The van der Waals surface area contributed by atoms with Crippen molar-refractivity contribution in [3.05, 3.63) is 48.2 Å². The maximum Gasteiger partial charge on any atom is 0.227 e. The monoisotopic (exact) mass is 242 g/mol. The van der Waals surface area contributed by atoms with E-state index < -0.39 is 0 Å². The van der Waals surface area contributed by atoms with Crippen molar-refractivity contribution in [2.75, 3.05) is 6.54 Å². The molecule has 2 N–H and O–H groups in total. The van der Waals surface area contributed by atoms with Crippen LogP contribution in [-0.4, -0.2) is 21.7 Å². The number of fused-ring (bicyclic) bond motifs is 1. The number of nitrogens with zero attached hydrogens (tertiary/aromatic N) is 2. The lowest BCUT2D eigenvalue weighted by atomic mass is 10.1. The third-order valence-electron chi connectivity index (χ3n) is 2.92. The first-order valence-corrected chi connectivity index (χ1v) is 5.95. The smallest absolute Gasteiger partial charge is 0.227 e.